The normalized spacial score (nSPS) is 17.0. The van der Waals surface area contributed by atoms with Gasteiger partial charge in [0, 0.05) is 56.7 Å². The number of aromatic nitrogens is 3. The SMILES string of the molecule is c1ccc(OC2CCN(c3cccc(-c4csc(NC5=NCCCN5)n4)n3)CC2)nc1. The molecule has 5 heterocycles. The first-order valence-corrected chi connectivity index (χ1v) is 11.5. The zero-order valence-corrected chi connectivity index (χ0v) is 18.0. The van der Waals surface area contributed by atoms with Crippen molar-refractivity contribution in [2.45, 2.75) is 25.4 Å². The molecule has 0 unspecified atom stereocenters. The van der Waals surface area contributed by atoms with Gasteiger partial charge in [-0.05, 0) is 24.6 Å². The van der Waals surface area contributed by atoms with Crippen LogP contribution in [0.15, 0.2) is 53.0 Å². The minimum Gasteiger partial charge on any atom is -0.474 e. The van der Waals surface area contributed by atoms with Crippen molar-refractivity contribution in [2.75, 3.05) is 36.4 Å². The van der Waals surface area contributed by atoms with Gasteiger partial charge in [-0.1, -0.05) is 12.1 Å². The molecule has 2 aliphatic heterocycles. The highest BCUT2D eigenvalue weighted by Crippen LogP contribution is 2.27. The number of anilines is 2. The lowest BCUT2D eigenvalue weighted by atomic mass is 10.1. The summed E-state index contributed by atoms with van der Waals surface area (Å²) in [6.07, 6.45) is 4.92. The van der Waals surface area contributed by atoms with Crippen LogP contribution in [0.25, 0.3) is 11.4 Å². The third kappa shape index (κ3) is 4.93. The van der Waals surface area contributed by atoms with E-state index in [9.17, 15) is 0 Å². The smallest absolute Gasteiger partial charge is 0.213 e. The molecule has 2 aliphatic rings. The monoisotopic (exact) mass is 435 g/mol. The summed E-state index contributed by atoms with van der Waals surface area (Å²) >= 11 is 1.56. The number of thiazole rings is 1. The van der Waals surface area contributed by atoms with Crippen molar-refractivity contribution in [1.29, 1.82) is 0 Å². The van der Waals surface area contributed by atoms with E-state index in [1.54, 1.807) is 17.5 Å². The van der Waals surface area contributed by atoms with E-state index in [4.69, 9.17) is 14.7 Å². The number of pyridine rings is 2. The van der Waals surface area contributed by atoms with Gasteiger partial charge in [-0.2, -0.15) is 0 Å². The van der Waals surface area contributed by atoms with Crippen molar-refractivity contribution in [3.63, 3.8) is 0 Å². The van der Waals surface area contributed by atoms with Gasteiger partial charge in [0.2, 0.25) is 5.88 Å². The summed E-state index contributed by atoms with van der Waals surface area (Å²) in [5.41, 5.74) is 1.76. The number of hydrogen-bond acceptors (Lipinski definition) is 9. The van der Waals surface area contributed by atoms with Gasteiger partial charge < -0.3 is 20.3 Å². The summed E-state index contributed by atoms with van der Waals surface area (Å²) in [5.74, 6) is 2.47. The van der Waals surface area contributed by atoms with E-state index < -0.39 is 0 Å². The van der Waals surface area contributed by atoms with Gasteiger partial charge in [0.1, 0.15) is 17.6 Å². The molecule has 0 amide bonds. The Labute approximate surface area is 185 Å². The maximum Gasteiger partial charge on any atom is 0.213 e. The van der Waals surface area contributed by atoms with Gasteiger partial charge in [-0.15, -0.1) is 11.3 Å². The van der Waals surface area contributed by atoms with Crippen molar-refractivity contribution >= 4 is 28.2 Å². The molecule has 31 heavy (non-hydrogen) atoms. The van der Waals surface area contributed by atoms with Crippen LogP contribution in [-0.4, -0.2) is 53.2 Å². The lowest BCUT2D eigenvalue weighted by molar-refractivity contribution is 0.164. The summed E-state index contributed by atoms with van der Waals surface area (Å²) in [5, 5.41) is 9.37. The molecule has 0 saturated carbocycles. The number of nitrogens with zero attached hydrogens (tertiary/aromatic N) is 5. The van der Waals surface area contributed by atoms with Crippen LogP contribution < -0.4 is 20.3 Å². The number of hydrogen-bond donors (Lipinski definition) is 2. The molecule has 2 N–H and O–H groups in total. The first kappa shape index (κ1) is 19.7. The summed E-state index contributed by atoms with van der Waals surface area (Å²) in [4.78, 5) is 20.6. The lowest BCUT2D eigenvalue weighted by Crippen LogP contribution is -2.38. The molecule has 0 spiro atoms. The fourth-order valence-electron chi connectivity index (χ4n) is 3.70. The van der Waals surface area contributed by atoms with Crippen LogP contribution in [0.2, 0.25) is 0 Å². The highest BCUT2D eigenvalue weighted by Gasteiger charge is 2.22. The van der Waals surface area contributed by atoms with E-state index in [0.29, 0.717) is 5.88 Å². The topological polar surface area (TPSA) is 87.6 Å². The van der Waals surface area contributed by atoms with Gasteiger partial charge in [-0.3, -0.25) is 4.99 Å². The van der Waals surface area contributed by atoms with Gasteiger partial charge in [0.25, 0.3) is 0 Å². The maximum absolute atomic E-state index is 6.01. The molecule has 9 heteroatoms. The molecule has 0 atom stereocenters. The Balaban J connectivity index is 1.21. The first-order valence-electron chi connectivity index (χ1n) is 10.6. The summed E-state index contributed by atoms with van der Waals surface area (Å²) in [6.45, 7) is 3.60. The second kappa shape index (κ2) is 9.30. The Bertz CT molecular complexity index is 1030. The molecule has 160 valence electrons. The van der Waals surface area contributed by atoms with Crippen molar-refractivity contribution in [1.82, 2.24) is 20.3 Å². The highest BCUT2D eigenvalue weighted by atomic mass is 32.1. The van der Waals surface area contributed by atoms with Crippen molar-refractivity contribution < 1.29 is 4.74 Å². The van der Waals surface area contributed by atoms with Crippen LogP contribution >= 0.6 is 11.3 Å². The van der Waals surface area contributed by atoms with Crippen LogP contribution in [-0.2, 0) is 0 Å². The Morgan fingerprint density at radius 3 is 2.81 bits per heavy atom. The van der Waals surface area contributed by atoms with Gasteiger partial charge >= 0.3 is 0 Å². The Morgan fingerprint density at radius 1 is 1.06 bits per heavy atom. The predicted octanol–water partition coefficient (Wildman–Crippen LogP) is 3.41. The first-order chi connectivity index (χ1) is 15.3. The zero-order valence-electron chi connectivity index (χ0n) is 17.2. The number of ether oxygens (including phenoxy) is 1. The number of aliphatic imine (C=N–C) groups is 1. The average Bonchev–Trinajstić information content (AvgIpc) is 3.30. The van der Waals surface area contributed by atoms with Crippen LogP contribution in [0.5, 0.6) is 5.88 Å². The van der Waals surface area contributed by atoms with Crippen LogP contribution in [0.4, 0.5) is 10.9 Å². The Kier molecular flexibility index (Phi) is 5.92. The third-order valence-corrected chi connectivity index (χ3v) is 6.07. The van der Waals surface area contributed by atoms with Crippen LogP contribution in [0.1, 0.15) is 19.3 Å². The van der Waals surface area contributed by atoms with E-state index in [1.807, 2.05) is 35.7 Å². The number of piperidine rings is 1. The predicted molar refractivity (Wildman–Crippen MR) is 124 cm³/mol. The molecule has 0 radical (unpaired) electrons. The molecule has 5 rings (SSSR count). The van der Waals surface area contributed by atoms with Crippen molar-refractivity contribution in [3.05, 3.63) is 48.0 Å². The third-order valence-electron chi connectivity index (χ3n) is 5.31. The van der Waals surface area contributed by atoms with E-state index >= 15 is 0 Å². The summed E-state index contributed by atoms with van der Waals surface area (Å²) < 4.78 is 6.01. The number of guanidine groups is 1. The van der Waals surface area contributed by atoms with E-state index in [0.717, 1.165) is 73.7 Å². The Morgan fingerprint density at radius 2 is 2.00 bits per heavy atom. The molecule has 0 bridgehead atoms. The fourth-order valence-corrected chi connectivity index (χ4v) is 4.40. The second-order valence-electron chi connectivity index (χ2n) is 7.53. The molecule has 1 fully saturated rings. The van der Waals surface area contributed by atoms with Crippen molar-refractivity contribution in [3.8, 4) is 17.3 Å². The molecular formula is C22H25N7OS. The summed E-state index contributed by atoms with van der Waals surface area (Å²) in [6, 6.07) is 11.9. The average molecular weight is 436 g/mol. The molecular weight excluding hydrogens is 410 g/mol. The molecule has 1 saturated heterocycles. The van der Waals surface area contributed by atoms with E-state index in [2.05, 4.69) is 31.6 Å². The van der Waals surface area contributed by atoms with Crippen LogP contribution in [0, 0.1) is 0 Å². The maximum atomic E-state index is 6.01. The lowest BCUT2D eigenvalue weighted by Gasteiger charge is -2.32. The van der Waals surface area contributed by atoms with Crippen molar-refractivity contribution in [2.24, 2.45) is 4.99 Å². The summed E-state index contributed by atoms with van der Waals surface area (Å²) in [7, 11) is 0. The van der Waals surface area contributed by atoms with Crippen LogP contribution in [0.3, 0.4) is 0 Å². The van der Waals surface area contributed by atoms with Gasteiger partial charge in [0.15, 0.2) is 11.1 Å². The molecule has 8 nitrogen and oxygen atoms in total. The molecule has 0 aromatic carbocycles. The second-order valence-corrected chi connectivity index (χ2v) is 8.38. The minimum atomic E-state index is 0.192. The van der Waals surface area contributed by atoms with Gasteiger partial charge in [-0.25, -0.2) is 15.0 Å². The standard InChI is InChI=1S/C22H25N7OS/c1-2-10-23-20(7-1)30-16-8-13-29(14-9-16)19-6-3-5-17(26-19)18-15-31-22(27-18)28-21-24-11-4-12-25-21/h1-3,5-7,10,15-16H,4,8-9,11-14H2,(H2,24,25,27,28). The minimum absolute atomic E-state index is 0.192. The van der Waals surface area contributed by atoms with Gasteiger partial charge in [0.05, 0.1) is 5.69 Å². The Hall–Kier alpha value is -3.20. The number of rotatable bonds is 5. The number of nitrogens with one attached hydrogen (secondary N) is 2. The highest BCUT2D eigenvalue weighted by molar-refractivity contribution is 7.14. The fraction of sp³-hybridized carbons (Fsp3) is 0.364. The van der Waals surface area contributed by atoms with E-state index in [1.165, 1.54) is 0 Å². The largest absolute Gasteiger partial charge is 0.474 e. The molecule has 3 aromatic rings. The molecule has 3 aromatic heterocycles. The molecule has 0 aliphatic carbocycles. The zero-order chi connectivity index (χ0) is 20.9. The van der Waals surface area contributed by atoms with E-state index in [-0.39, 0.29) is 6.10 Å². The quantitative estimate of drug-likeness (QED) is 0.635.